The van der Waals surface area contributed by atoms with Crippen LogP contribution in [-0.4, -0.2) is 31.4 Å². The van der Waals surface area contributed by atoms with Crippen LogP contribution < -0.4 is 16.0 Å². The molecule has 6 heteroatoms. The van der Waals surface area contributed by atoms with Crippen molar-refractivity contribution in [2.75, 3.05) is 13.6 Å². The van der Waals surface area contributed by atoms with E-state index in [0.29, 0.717) is 5.92 Å². The van der Waals surface area contributed by atoms with E-state index in [1.165, 1.54) is 6.08 Å². The van der Waals surface area contributed by atoms with Crippen LogP contribution >= 0.6 is 0 Å². The van der Waals surface area contributed by atoms with Crippen molar-refractivity contribution in [3.05, 3.63) is 23.8 Å². The summed E-state index contributed by atoms with van der Waals surface area (Å²) in [6.07, 6.45) is 5.95. The predicted octanol–water partition coefficient (Wildman–Crippen LogP) is 0.0806. The number of hydrogen-bond acceptors (Lipinski definition) is 4. The highest BCUT2D eigenvalue weighted by Gasteiger charge is 2.26. The summed E-state index contributed by atoms with van der Waals surface area (Å²) >= 11 is 0. The van der Waals surface area contributed by atoms with E-state index in [1.54, 1.807) is 6.08 Å². The van der Waals surface area contributed by atoms with E-state index in [9.17, 15) is 14.4 Å². The standard InChI is InChI=1S/C12H17N3O3/c1-3-8(7-13-2)5-4-6-9-10(16)14-12(18)15-11(9)17/h4-6,8,13H,3,7H2,1-2H3,(H2,14,15,16,17,18)/b5-4+. The van der Waals surface area contributed by atoms with Crippen LogP contribution in [0.1, 0.15) is 13.3 Å². The summed E-state index contributed by atoms with van der Waals surface area (Å²) < 4.78 is 0. The third-order valence-electron chi connectivity index (χ3n) is 2.58. The highest BCUT2D eigenvalue weighted by atomic mass is 16.2. The van der Waals surface area contributed by atoms with Gasteiger partial charge in [-0.25, -0.2) is 4.79 Å². The first-order chi connectivity index (χ1) is 8.58. The van der Waals surface area contributed by atoms with E-state index < -0.39 is 17.8 Å². The lowest BCUT2D eigenvalue weighted by Crippen LogP contribution is -2.51. The number of hydrogen-bond donors (Lipinski definition) is 3. The van der Waals surface area contributed by atoms with Crippen molar-refractivity contribution in [3.63, 3.8) is 0 Å². The highest BCUT2D eigenvalue weighted by Crippen LogP contribution is 2.05. The number of imide groups is 2. The quantitative estimate of drug-likeness (QED) is 0.477. The number of carbonyl (C=O) groups excluding carboxylic acids is 3. The van der Waals surface area contributed by atoms with Crippen molar-refractivity contribution < 1.29 is 14.4 Å². The molecule has 1 unspecified atom stereocenters. The van der Waals surface area contributed by atoms with Crippen molar-refractivity contribution in [1.29, 1.82) is 0 Å². The van der Waals surface area contributed by atoms with Crippen molar-refractivity contribution in [3.8, 4) is 0 Å². The Balaban J connectivity index is 2.71. The molecule has 6 nitrogen and oxygen atoms in total. The smallest absolute Gasteiger partial charge is 0.319 e. The lowest BCUT2D eigenvalue weighted by atomic mass is 10.1. The molecule has 1 rings (SSSR count). The van der Waals surface area contributed by atoms with Gasteiger partial charge in [-0.3, -0.25) is 20.2 Å². The minimum atomic E-state index is -0.784. The van der Waals surface area contributed by atoms with Crippen LogP contribution in [0, 0.1) is 5.92 Å². The van der Waals surface area contributed by atoms with E-state index >= 15 is 0 Å². The summed E-state index contributed by atoms with van der Waals surface area (Å²) in [5, 5.41) is 7.08. The van der Waals surface area contributed by atoms with Gasteiger partial charge in [0.05, 0.1) is 0 Å². The molecule has 0 aromatic rings. The molecule has 0 aromatic carbocycles. The van der Waals surface area contributed by atoms with Crippen molar-refractivity contribution in [2.24, 2.45) is 5.92 Å². The Labute approximate surface area is 106 Å². The van der Waals surface area contributed by atoms with Crippen LogP contribution in [-0.2, 0) is 9.59 Å². The summed E-state index contributed by atoms with van der Waals surface area (Å²) in [6, 6.07) is -0.784. The number of amides is 4. The number of carbonyl (C=O) groups is 3. The molecule has 98 valence electrons. The van der Waals surface area contributed by atoms with Gasteiger partial charge < -0.3 is 5.32 Å². The molecule has 0 spiro atoms. The fourth-order valence-corrected chi connectivity index (χ4v) is 1.55. The molecule has 0 bridgehead atoms. The second kappa shape index (κ2) is 6.70. The summed E-state index contributed by atoms with van der Waals surface area (Å²) in [4.78, 5) is 33.6. The minimum Gasteiger partial charge on any atom is -0.319 e. The van der Waals surface area contributed by atoms with Crippen molar-refractivity contribution >= 4 is 17.8 Å². The molecule has 1 aliphatic rings. The maximum absolute atomic E-state index is 11.4. The fourth-order valence-electron chi connectivity index (χ4n) is 1.55. The summed E-state index contributed by atoms with van der Waals surface area (Å²) in [5.41, 5.74) is -0.0647. The Morgan fingerprint density at radius 2 is 1.83 bits per heavy atom. The second-order valence-corrected chi connectivity index (χ2v) is 3.93. The molecule has 0 aliphatic carbocycles. The monoisotopic (exact) mass is 251 g/mol. The second-order valence-electron chi connectivity index (χ2n) is 3.93. The van der Waals surface area contributed by atoms with Crippen LogP contribution in [0.5, 0.6) is 0 Å². The molecule has 0 saturated carbocycles. The first kappa shape index (κ1) is 14.1. The van der Waals surface area contributed by atoms with Crippen LogP contribution in [0.4, 0.5) is 4.79 Å². The van der Waals surface area contributed by atoms with Crippen LogP contribution in [0.2, 0.25) is 0 Å². The average molecular weight is 251 g/mol. The average Bonchev–Trinajstić information content (AvgIpc) is 2.31. The largest absolute Gasteiger partial charge is 0.328 e. The topological polar surface area (TPSA) is 87.3 Å². The molecular formula is C12H17N3O3. The fraction of sp³-hybridized carbons (Fsp3) is 0.417. The van der Waals surface area contributed by atoms with Crippen LogP contribution in [0.15, 0.2) is 23.8 Å². The Bertz CT molecular complexity index is 391. The third kappa shape index (κ3) is 3.81. The molecule has 0 aromatic heterocycles. The summed E-state index contributed by atoms with van der Waals surface area (Å²) in [6.45, 7) is 2.88. The molecule has 4 amide bonds. The van der Waals surface area contributed by atoms with E-state index in [2.05, 4.69) is 12.2 Å². The lowest BCUT2D eigenvalue weighted by molar-refractivity contribution is -0.124. The van der Waals surface area contributed by atoms with Gasteiger partial charge in [0.1, 0.15) is 5.57 Å². The van der Waals surface area contributed by atoms with Gasteiger partial charge in [-0.05, 0) is 25.5 Å². The van der Waals surface area contributed by atoms with Gasteiger partial charge in [0.2, 0.25) is 0 Å². The van der Waals surface area contributed by atoms with Gasteiger partial charge >= 0.3 is 6.03 Å². The molecule has 0 radical (unpaired) electrons. The van der Waals surface area contributed by atoms with Crippen molar-refractivity contribution in [1.82, 2.24) is 16.0 Å². The molecule has 1 heterocycles. The van der Waals surface area contributed by atoms with Gasteiger partial charge in [-0.1, -0.05) is 19.1 Å². The number of barbiturate groups is 1. The third-order valence-corrected chi connectivity index (χ3v) is 2.58. The van der Waals surface area contributed by atoms with Crippen LogP contribution in [0.3, 0.4) is 0 Å². The molecule has 1 aliphatic heterocycles. The lowest BCUT2D eigenvalue weighted by Gasteiger charge is -2.13. The Hall–Kier alpha value is -1.95. The summed E-state index contributed by atoms with van der Waals surface area (Å²) in [5.74, 6) is -1.01. The van der Waals surface area contributed by atoms with E-state index in [0.717, 1.165) is 13.0 Å². The molecule has 1 atom stereocenters. The van der Waals surface area contributed by atoms with Gasteiger partial charge in [0.15, 0.2) is 0 Å². The SMILES string of the molecule is CCC(/C=C/C=C1C(=O)NC(=O)NC1=O)CNC. The Morgan fingerprint density at radius 1 is 1.22 bits per heavy atom. The van der Waals surface area contributed by atoms with Gasteiger partial charge in [-0.2, -0.15) is 0 Å². The summed E-state index contributed by atoms with van der Waals surface area (Å²) in [7, 11) is 1.86. The zero-order valence-corrected chi connectivity index (χ0v) is 10.4. The van der Waals surface area contributed by atoms with E-state index in [4.69, 9.17) is 0 Å². The van der Waals surface area contributed by atoms with Crippen molar-refractivity contribution in [2.45, 2.75) is 13.3 Å². The van der Waals surface area contributed by atoms with Crippen LogP contribution in [0.25, 0.3) is 0 Å². The number of rotatable bonds is 5. The number of allylic oxidation sites excluding steroid dienone is 2. The van der Waals surface area contributed by atoms with E-state index in [1.807, 2.05) is 23.8 Å². The molecule has 1 fully saturated rings. The normalized spacial score (nSPS) is 17.7. The Kier molecular flexibility index (Phi) is 5.26. The van der Waals surface area contributed by atoms with Gasteiger partial charge in [0, 0.05) is 6.54 Å². The first-order valence-electron chi connectivity index (χ1n) is 5.78. The highest BCUT2D eigenvalue weighted by molar-refractivity contribution is 6.28. The minimum absolute atomic E-state index is 0.0647. The zero-order valence-electron chi connectivity index (χ0n) is 10.4. The van der Waals surface area contributed by atoms with Gasteiger partial charge in [0.25, 0.3) is 11.8 Å². The molecular weight excluding hydrogens is 234 g/mol. The molecule has 1 saturated heterocycles. The maximum Gasteiger partial charge on any atom is 0.328 e. The molecule has 18 heavy (non-hydrogen) atoms. The number of nitrogens with one attached hydrogen (secondary N) is 3. The predicted molar refractivity (Wildman–Crippen MR) is 66.6 cm³/mol. The van der Waals surface area contributed by atoms with E-state index in [-0.39, 0.29) is 5.57 Å². The zero-order chi connectivity index (χ0) is 13.5. The number of urea groups is 1. The first-order valence-corrected chi connectivity index (χ1v) is 5.78. The maximum atomic E-state index is 11.4. The van der Waals surface area contributed by atoms with Gasteiger partial charge in [-0.15, -0.1) is 0 Å². The molecule has 3 N–H and O–H groups in total. The Morgan fingerprint density at radius 3 is 2.33 bits per heavy atom.